The second-order valence-corrected chi connectivity index (χ2v) is 4.36. The molecule has 0 atom stereocenters. The molecule has 1 heterocycles. The van der Waals surface area contributed by atoms with Gasteiger partial charge in [-0.2, -0.15) is 0 Å². The number of rotatable bonds is 3. The standard InChI is InChI=1S/C14H14FN3O/c1-18(2)13-6-4-10(8-17-13)14(19)9-3-5-12(16)11(15)7-9/h3-8H,16H2,1-2H3. The third-order valence-corrected chi connectivity index (χ3v) is 2.73. The van der Waals surface area contributed by atoms with E-state index in [9.17, 15) is 9.18 Å². The summed E-state index contributed by atoms with van der Waals surface area (Å²) in [7, 11) is 3.72. The van der Waals surface area contributed by atoms with Crippen LogP contribution in [0.3, 0.4) is 0 Å². The zero-order valence-electron chi connectivity index (χ0n) is 10.7. The van der Waals surface area contributed by atoms with E-state index in [-0.39, 0.29) is 17.0 Å². The predicted octanol–water partition coefficient (Wildman–Crippen LogP) is 2.10. The van der Waals surface area contributed by atoms with Crippen molar-refractivity contribution in [1.29, 1.82) is 0 Å². The molecular weight excluding hydrogens is 245 g/mol. The summed E-state index contributed by atoms with van der Waals surface area (Å²) in [5, 5.41) is 0. The molecule has 1 aromatic heterocycles. The van der Waals surface area contributed by atoms with Crippen LogP contribution in [0.1, 0.15) is 15.9 Å². The smallest absolute Gasteiger partial charge is 0.194 e. The van der Waals surface area contributed by atoms with E-state index in [0.717, 1.165) is 11.9 Å². The minimum atomic E-state index is -0.594. The van der Waals surface area contributed by atoms with Crippen molar-refractivity contribution in [1.82, 2.24) is 4.98 Å². The molecule has 0 aliphatic carbocycles. The van der Waals surface area contributed by atoms with Gasteiger partial charge in [-0.25, -0.2) is 9.37 Å². The van der Waals surface area contributed by atoms with Crippen LogP contribution < -0.4 is 10.6 Å². The maximum absolute atomic E-state index is 13.3. The highest BCUT2D eigenvalue weighted by molar-refractivity contribution is 6.09. The Kier molecular flexibility index (Phi) is 3.46. The van der Waals surface area contributed by atoms with Crippen LogP contribution in [0.4, 0.5) is 15.9 Å². The number of ketones is 1. The van der Waals surface area contributed by atoms with Crippen LogP contribution in [-0.2, 0) is 0 Å². The molecule has 0 radical (unpaired) electrons. The number of anilines is 2. The Morgan fingerprint density at radius 3 is 2.42 bits per heavy atom. The van der Waals surface area contributed by atoms with E-state index in [1.54, 1.807) is 12.1 Å². The number of nitrogen functional groups attached to an aromatic ring is 1. The van der Waals surface area contributed by atoms with Gasteiger partial charge in [0.25, 0.3) is 0 Å². The van der Waals surface area contributed by atoms with Crippen molar-refractivity contribution in [3.8, 4) is 0 Å². The van der Waals surface area contributed by atoms with Gasteiger partial charge in [0.1, 0.15) is 11.6 Å². The summed E-state index contributed by atoms with van der Waals surface area (Å²) in [5.74, 6) is -0.125. The van der Waals surface area contributed by atoms with E-state index in [0.29, 0.717) is 5.56 Å². The van der Waals surface area contributed by atoms with Crippen LogP contribution in [0, 0.1) is 5.82 Å². The van der Waals surface area contributed by atoms with Crippen LogP contribution >= 0.6 is 0 Å². The fourth-order valence-corrected chi connectivity index (χ4v) is 1.62. The summed E-state index contributed by atoms with van der Waals surface area (Å²) >= 11 is 0. The zero-order chi connectivity index (χ0) is 14.0. The molecule has 0 spiro atoms. The predicted molar refractivity (Wildman–Crippen MR) is 72.8 cm³/mol. The van der Waals surface area contributed by atoms with Gasteiger partial charge < -0.3 is 10.6 Å². The largest absolute Gasteiger partial charge is 0.396 e. The van der Waals surface area contributed by atoms with E-state index in [2.05, 4.69) is 4.98 Å². The number of carbonyl (C=O) groups excluding carboxylic acids is 1. The van der Waals surface area contributed by atoms with Gasteiger partial charge in [0.2, 0.25) is 0 Å². The van der Waals surface area contributed by atoms with Crippen LogP contribution in [0.15, 0.2) is 36.5 Å². The van der Waals surface area contributed by atoms with Gasteiger partial charge in [0, 0.05) is 31.4 Å². The molecule has 2 aromatic rings. The van der Waals surface area contributed by atoms with E-state index in [1.165, 1.54) is 18.3 Å². The van der Waals surface area contributed by atoms with Gasteiger partial charge in [-0.05, 0) is 30.3 Å². The monoisotopic (exact) mass is 259 g/mol. The average Bonchev–Trinajstić information content (AvgIpc) is 2.41. The highest BCUT2D eigenvalue weighted by Crippen LogP contribution is 2.16. The number of pyridine rings is 1. The van der Waals surface area contributed by atoms with Crippen molar-refractivity contribution in [2.75, 3.05) is 24.7 Å². The van der Waals surface area contributed by atoms with E-state index >= 15 is 0 Å². The Labute approximate surface area is 110 Å². The highest BCUT2D eigenvalue weighted by atomic mass is 19.1. The van der Waals surface area contributed by atoms with Gasteiger partial charge in [0.15, 0.2) is 5.78 Å². The van der Waals surface area contributed by atoms with Crippen LogP contribution in [-0.4, -0.2) is 24.9 Å². The molecule has 5 heteroatoms. The van der Waals surface area contributed by atoms with Crippen molar-refractivity contribution >= 4 is 17.3 Å². The third-order valence-electron chi connectivity index (χ3n) is 2.73. The minimum absolute atomic E-state index is 0.0256. The van der Waals surface area contributed by atoms with E-state index in [4.69, 9.17) is 5.73 Å². The number of aromatic nitrogens is 1. The summed E-state index contributed by atoms with van der Waals surface area (Å²) in [6.45, 7) is 0. The lowest BCUT2D eigenvalue weighted by Gasteiger charge is -2.11. The lowest BCUT2D eigenvalue weighted by molar-refractivity contribution is 0.103. The number of hydrogen-bond acceptors (Lipinski definition) is 4. The molecule has 2 rings (SSSR count). The summed E-state index contributed by atoms with van der Waals surface area (Å²) in [6, 6.07) is 7.42. The molecule has 1 aromatic carbocycles. The Balaban J connectivity index is 2.30. The highest BCUT2D eigenvalue weighted by Gasteiger charge is 2.11. The van der Waals surface area contributed by atoms with Gasteiger partial charge in [-0.3, -0.25) is 4.79 Å². The first-order valence-corrected chi connectivity index (χ1v) is 5.72. The van der Waals surface area contributed by atoms with Gasteiger partial charge in [-0.1, -0.05) is 0 Å². The number of halogens is 1. The Morgan fingerprint density at radius 2 is 1.89 bits per heavy atom. The average molecular weight is 259 g/mol. The molecule has 0 aliphatic heterocycles. The first kappa shape index (κ1) is 13.0. The van der Waals surface area contributed by atoms with Crippen molar-refractivity contribution in [2.24, 2.45) is 0 Å². The van der Waals surface area contributed by atoms with Gasteiger partial charge in [0.05, 0.1) is 5.69 Å². The van der Waals surface area contributed by atoms with Crippen LogP contribution in [0.25, 0.3) is 0 Å². The van der Waals surface area contributed by atoms with E-state index in [1.807, 2.05) is 19.0 Å². The topological polar surface area (TPSA) is 59.2 Å². The maximum atomic E-state index is 13.3. The van der Waals surface area contributed by atoms with Crippen LogP contribution in [0.2, 0.25) is 0 Å². The number of carbonyl (C=O) groups is 1. The summed E-state index contributed by atoms with van der Waals surface area (Å²) in [4.78, 5) is 18.1. The molecule has 4 nitrogen and oxygen atoms in total. The molecule has 0 saturated heterocycles. The van der Waals surface area contributed by atoms with Crippen molar-refractivity contribution in [3.63, 3.8) is 0 Å². The fraction of sp³-hybridized carbons (Fsp3) is 0.143. The quantitative estimate of drug-likeness (QED) is 0.677. The van der Waals surface area contributed by atoms with Crippen LogP contribution in [0.5, 0.6) is 0 Å². The number of nitrogens with two attached hydrogens (primary N) is 1. The molecule has 0 bridgehead atoms. The van der Waals surface area contributed by atoms with Gasteiger partial charge in [-0.15, -0.1) is 0 Å². The lowest BCUT2D eigenvalue weighted by atomic mass is 10.0. The molecule has 0 fully saturated rings. The first-order valence-electron chi connectivity index (χ1n) is 5.72. The number of nitrogens with zero attached hydrogens (tertiary/aromatic N) is 2. The molecule has 0 saturated carbocycles. The van der Waals surface area contributed by atoms with Crippen molar-refractivity contribution in [2.45, 2.75) is 0 Å². The summed E-state index contributed by atoms with van der Waals surface area (Å²) in [5.41, 5.74) is 6.07. The van der Waals surface area contributed by atoms with Crippen molar-refractivity contribution in [3.05, 3.63) is 53.5 Å². The lowest BCUT2D eigenvalue weighted by Crippen LogP contribution is -2.11. The Bertz CT molecular complexity index is 609. The first-order chi connectivity index (χ1) is 8.99. The fourth-order valence-electron chi connectivity index (χ4n) is 1.62. The molecule has 98 valence electrons. The Morgan fingerprint density at radius 1 is 1.21 bits per heavy atom. The summed E-state index contributed by atoms with van der Waals surface area (Å²) < 4.78 is 13.3. The third kappa shape index (κ3) is 2.70. The molecule has 19 heavy (non-hydrogen) atoms. The van der Waals surface area contributed by atoms with E-state index < -0.39 is 5.82 Å². The summed E-state index contributed by atoms with van der Waals surface area (Å²) in [6.07, 6.45) is 1.48. The Hall–Kier alpha value is -2.43. The second kappa shape index (κ2) is 5.06. The molecular formula is C14H14FN3O. The zero-order valence-corrected chi connectivity index (χ0v) is 10.7. The SMILES string of the molecule is CN(C)c1ccc(C(=O)c2ccc(N)c(F)c2)cn1. The molecule has 2 N–H and O–H groups in total. The van der Waals surface area contributed by atoms with Gasteiger partial charge >= 0.3 is 0 Å². The molecule has 0 aliphatic rings. The second-order valence-electron chi connectivity index (χ2n) is 4.36. The minimum Gasteiger partial charge on any atom is -0.396 e. The number of benzene rings is 1. The van der Waals surface area contributed by atoms with Crippen molar-refractivity contribution < 1.29 is 9.18 Å². The maximum Gasteiger partial charge on any atom is 0.194 e. The normalized spacial score (nSPS) is 10.3. The molecule has 0 amide bonds. The number of hydrogen-bond donors (Lipinski definition) is 1. The molecule has 0 unspecified atom stereocenters.